The van der Waals surface area contributed by atoms with E-state index in [0.717, 1.165) is 29.9 Å². The Morgan fingerprint density at radius 3 is 2.74 bits per heavy atom. The van der Waals surface area contributed by atoms with Crippen LogP contribution in [0.4, 0.5) is 0 Å². The predicted molar refractivity (Wildman–Crippen MR) is 101 cm³/mol. The Hall–Kier alpha value is -3.02. The molecule has 142 valence electrons. The molecular weight excluding hydrogens is 344 g/mol. The van der Waals surface area contributed by atoms with Crippen LogP contribution in [0, 0.1) is 0 Å². The molecule has 0 radical (unpaired) electrons. The van der Waals surface area contributed by atoms with Crippen molar-refractivity contribution in [2.75, 3.05) is 7.11 Å². The van der Waals surface area contributed by atoms with E-state index in [1.807, 2.05) is 43.3 Å². The van der Waals surface area contributed by atoms with Crippen molar-refractivity contribution >= 4 is 5.91 Å². The number of methoxy groups -OCH3 is 1. The van der Waals surface area contributed by atoms with Crippen LogP contribution in [0.2, 0.25) is 0 Å². The number of oxazole rings is 1. The van der Waals surface area contributed by atoms with Gasteiger partial charge in [-0.15, -0.1) is 0 Å². The molecule has 6 nitrogen and oxygen atoms in total. The van der Waals surface area contributed by atoms with Gasteiger partial charge in [0.05, 0.1) is 19.6 Å². The molecule has 0 saturated heterocycles. The normalized spacial score (nSPS) is 11.9. The number of nitrogens with one attached hydrogen (secondary N) is 1. The third-order valence-electron chi connectivity index (χ3n) is 4.31. The molecule has 0 bridgehead atoms. The van der Waals surface area contributed by atoms with E-state index in [2.05, 4.69) is 10.3 Å². The van der Waals surface area contributed by atoms with E-state index in [4.69, 9.17) is 13.6 Å². The molecule has 0 aliphatic heterocycles. The highest BCUT2D eigenvalue weighted by Gasteiger charge is 2.12. The third-order valence-corrected chi connectivity index (χ3v) is 4.31. The molecule has 2 heterocycles. The molecule has 3 aromatic rings. The number of hydrogen-bond acceptors (Lipinski definition) is 5. The maximum atomic E-state index is 12.1. The molecule has 0 aliphatic carbocycles. The summed E-state index contributed by atoms with van der Waals surface area (Å²) in [4.78, 5) is 16.4. The number of rotatable bonds is 9. The molecule has 1 unspecified atom stereocenters. The van der Waals surface area contributed by atoms with Gasteiger partial charge in [0, 0.05) is 30.9 Å². The summed E-state index contributed by atoms with van der Waals surface area (Å²) in [6, 6.07) is 11.5. The van der Waals surface area contributed by atoms with E-state index in [-0.39, 0.29) is 11.9 Å². The molecule has 1 N–H and O–H groups in total. The lowest BCUT2D eigenvalue weighted by atomic mass is 10.1. The van der Waals surface area contributed by atoms with Crippen LogP contribution in [0.15, 0.2) is 57.7 Å². The first-order valence-electron chi connectivity index (χ1n) is 9.05. The lowest BCUT2D eigenvalue weighted by molar-refractivity contribution is -0.121. The number of amides is 1. The van der Waals surface area contributed by atoms with Crippen LogP contribution in [0.1, 0.15) is 31.4 Å². The monoisotopic (exact) mass is 368 g/mol. The highest BCUT2D eigenvalue weighted by molar-refractivity contribution is 5.76. The number of carbonyl (C=O) groups is 1. The predicted octanol–water partition coefficient (Wildman–Crippen LogP) is 4.01. The summed E-state index contributed by atoms with van der Waals surface area (Å²) in [6.07, 6.45) is 5.79. The maximum absolute atomic E-state index is 12.1. The number of nitrogens with zero attached hydrogens (tertiary/aromatic N) is 1. The Morgan fingerprint density at radius 1 is 1.22 bits per heavy atom. The second-order valence-corrected chi connectivity index (χ2v) is 6.43. The Labute approximate surface area is 158 Å². The van der Waals surface area contributed by atoms with E-state index in [0.29, 0.717) is 24.5 Å². The van der Waals surface area contributed by atoms with Gasteiger partial charge in [-0.3, -0.25) is 4.79 Å². The number of aromatic nitrogens is 1. The van der Waals surface area contributed by atoms with E-state index < -0.39 is 0 Å². The fraction of sp³-hybridized carbons (Fsp3) is 0.333. The van der Waals surface area contributed by atoms with Gasteiger partial charge in [0.1, 0.15) is 11.5 Å². The van der Waals surface area contributed by atoms with Crippen LogP contribution < -0.4 is 10.1 Å². The Bertz CT molecular complexity index is 837. The quantitative estimate of drug-likeness (QED) is 0.617. The van der Waals surface area contributed by atoms with Gasteiger partial charge in [-0.05, 0) is 49.7 Å². The van der Waals surface area contributed by atoms with Gasteiger partial charge in [0.25, 0.3) is 0 Å². The number of carbonyl (C=O) groups excluding carboxylic acids is 1. The Kier molecular flexibility index (Phi) is 6.30. The molecule has 1 aromatic carbocycles. The fourth-order valence-corrected chi connectivity index (χ4v) is 2.77. The zero-order valence-electron chi connectivity index (χ0n) is 15.6. The van der Waals surface area contributed by atoms with Crippen molar-refractivity contribution in [1.29, 1.82) is 0 Å². The van der Waals surface area contributed by atoms with Gasteiger partial charge in [-0.25, -0.2) is 4.98 Å². The molecule has 0 aliphatic rings. The topological polar surface area (TPSA) is 77.5 Å². The summed E-state index contributed by atoms with van der Waals surface area (Å²) in [5, 5.41) is 3.00. The molecular formula is C21H24N2O4. The van der Waals surface area contributed by atoms with Crippen molar-refractivity contribution in [3.05, 3.63) is 60.5 Å². The minimum atomic E-state index is -0.00820. The average Bonchev–Trinajstić information content (AvgIpc) is 3.37. The number of ether oxygens (including phenoxy) is 1. The van der Waals surface area contributed by atoms with Gasteiger partial charge >= 0.3 is 0 Å². The van der Waals surface area contributed by atoms with Crippen molar-refractivity contribution in [1.82, 2.24) is 10.3 Å². The van der Waals surface area contributed by atoms with Crippen LogP contribution >= 0.6 is 0 Å². The molecule has 6 heteroatoms. The second kappa shape index (κ2) is 9.07. The summed E-state index contributed by atoms with van der Waals surface area (Å²) in [6.45, 7) is 1.99. The van der Waals surface area contributed by atoms with Crippen molar-refractivity contribution in [3.63, 3.8) is 0 Å². The van der Waals surface area contributed by atoms with Gasteiger partial charge in [0.2, 0.25) is 5.91 Å². The molecule has 0 fully saturated rings. The summed E-state index contributed by atoms with van der Waals surface area (Å²) >= 11 is 0. The number of aryl methyl sites for hydroxylation is 2. The van der Waals surface area contributed by atoms with E-state index >= 15 is 0 Å². The molecule has 0 spiro atoms. The molecule has 0 saturated carbocycles. The second-order valence-electron chi connectivity index (χ2n) is 6.43. The highest BCUT2D eigenvalue weighted by Crippen LogP contribution is 2.23. The minimum Gasteiger partial charge on any atom is -0.497 e. The summed E-state index contributed by atoms with van der Waals surface area (Å²) in [7, 11) is 1.63. The SMILES string of the molecule is COc1ccc(-c2cnc(CCC(=O)NC(C)CCc3ccco3)o2)cc1. The number of benzene rings is 1. The third kappa shape index (κ3) is 5.48. The first kappa shape index (κ1) is 18.8. The highest BCUT2D eigenvalue weighted by atomic mass is 16.5. The molecule has 2 aromatic heterocycles. The molecule has 27 heavy (non-hydrogen) atoms. The van der Waals surface area contributed by atoms with E-state index in [1.165, 1.54) is 0 Å². The van der Waals surface area contributed by atoms with Crippen molar-refractivity contribution in [2.45, 2.75) is 38.6 Å². The van der Waals surface area contributed by atoms with Gasteiger partial charge in [0.15, 0.2) is 11.7 Å². The molecule has 1 atom stereocenters. The number of hydrogen-bond donors (Lipinski definition) is 1. The van der Waals surface area contributed by atoms with Crippen LogP contribution in [0.25, 0.3) is 11.3 Å². The minimum absolute atomic E-state index is 0.00820. The summed E-state index contributed by atoms with van der Waals surface area (Å²) in [5.74, 6) is 2.95. The van der Waals surface area contributed by atoms with Crippen LogP contribution in [-0.2, 0) is 17.6 Å². The molecule has 3 rings (SSSR count). The number of furan rings is 1. The standard InChI is InChI=1S/C21H24N2O4/c1-15(5-8-18-4-3-13-26-18)23-20(24)11-12-21-22-14-19(27-21)16-6-9-17(25-2)10-7-16/h3-4,6-7,9-10,13-15H,5,8,11-12H2,1-2H3,(H,23,24). The van der Waals surface area contributed by atoms with Crippen LogP contribution in [-0.4, -0.2) is 24.0 Å². The zero-order chi connectivity index (χ0) is 19.1. The maximum Gasteiger partial charge on any atom is 0.220 e. The fourth-order valence-electron chi connectivity index (χ4n) is 2.77. The lowest BCUT2D eigenvalue weighted by Crippen LogP contribution is -2.33. The van der Waals surface area contributed by atoms with Gasteiger partial charge in [-0.2, -0.15) is 0 Å². The van der Waals surface area contributed by atoms with Gasteiger partial charge in [-0.1, -0.05) is 0 Å². The Balaban J connectivity index is 1.44. The van der Waals surface area contributed by atoms with Crippen molar-refractivity contribution in [3.8, 4) is 17.1 Å². The summed E-state index contributed by atoms with van der Waals surface area (Å²) in [5.41, 5.74) is 0.922. The van der Waals surface area contributed by atoms with E-state index in [1.54, 1.807) is 19.6 Å². The van der Waals surface area contributed by atoms with E-state index in [9.17, 15) is 4.79 Å². The lowest BCUT2D eigenvalue weighted by Gasteiger charge is -2.12. The largest absolute Gasteiger partial charge is 0.497 e. The average molecular weight is 368 g/mol. The van der Waals surface area contributed by atoms with Crippen LogP contribution in [0.5, 0.6) is 5.75 Å². The summed E-state index contributed by atoms with van der Waals surface area (Å²) < 4.78 is 16.2. The van der Waals surface area contributed by atoms with Crippen molar-refractivity contribution in [2.24, 2.45) is 0 Å². The Morgan fingerprint density at radius 2 is 2.04 bits per heavy atom. The first-order valence-corrected chi connectivity index (χ1v) is 9.05. The first-order chi connectivity index (χ1) is 13.1. The van der Waals surface area contributed by atoms with Crippen molar-refractivity contribution < 1.29 is 18.4 Å². The van der Waals surface area contributed by atoms with Gasteiger partial charge < -0.3 is 18.9 Å². The smallest absolute Gasteiger partial charge is 0.220 e. The molecule has 1 amide bonds. The van der Waals surface area contributed by atoms with Crippen LogP contribution in [0.3, 0.4) is 0 Å². The zero-order valence-corrected chi connectivity index (χ0v) is 15.6.